The van der Waals surface area contributed by atoms with Gasteiger partial charge < -0.3 is 15.2 Å². The van der Waals surface area contributed by atoms with Crippen molar-refractivity contribution in [2.75, 3.05) is 20.3 Å². The van der Waals surface area contributed by atoms with Gasteiger partial charge in [-0.15, -0.1) is 0 Å². The second-order valence-corrected chi connectivity index (χ2v) is 3.91. The lowest BCUT2D eigenvalue weighted by molar-refractivity contribution is 0.0120. The molecule has 1 atom stereocenters. The average molecular weight is 237 g/mol. The number of hydrogen-bond donors (Lipinski definition) is 1. The van der Waals surface area contributed by atoms with E-state index in [0.717, 1.165) is 12.0 Å². The zero-order valence-electron chi connectivity index (χ0n) is 10.3. The third kappa shape index (κ3) is 4.54. The Morgan fingerprint density at radius 3 is 2.53 bits per heavy atom. The fourth-order valence-electron chi connectivity index (χ4n) is 1.49. The van der Waals surface area contributed by atoms with E-state index in [-0.39, 0.29) is 12.1 Å². The summed E-state index contributed by atoms with van der Waals surface area (Å²) in [6.07, 6.45) is 0.575. The summed E-state index contributed by atoms with van der Waals surface area (Å²) in [5.41, 5.74) is 7.12. The number of ether oxygens (including phenoxy) is 2. The van der Waals surface area contributed by atoms with Gasteiger partial charge in [0.15, 0.2) is 0 Å². The maximum atomic E-state index is 11.7. The van der Waals surface area contributed by atoms with Gasteiger partial charge in [-0.3, -0.25) is 0 Å². The summed E-state index contributed by atoms with van der Waals surface area (Å²) >= 11 is 0. The number of carbonyl (C=O) groups is 1. The minimum Gasteiger partial charge on any atom is -0.457 e. The lowest BCUT2D eigenvalue weighted by Gasteiger charge is -2.12. The molecule has 0 heterocycles. The molecule has 0 saturated heterocycles. The van der Waals surface area contributed by atoms with E-state index in [4.69, 9.17) is 15.2 Å². The van der Waals surface area contributed by atoms with Gasteiger partial charge in [-0.25, -0.2) is 4.79 Å². The number of rotatable bonds is 6. The molecule has 0 radical (unpaired) electrons. The Bertz CT molecular complexity index is 348. The highest BCUT2D eigenvalue weighted by molar-refractivity contribution is 5.89. The molecule has 0 aliphatic rings. The Hall–Kier alpha value is -1.39. The number of methoxy groups -OCH3 is 1. The molecule has 0 saturated carbocycles. The van der Waals surface area contributed by atoms with Crippen LogP contribution in [0, 0.1) is 0 Å². The lowest BCUT2D eigenvalue weighted by Crippen LogP contribution is -2.19. The maximum absolute atomic E-state index is 11.7. The lowest BCUT2D eigenvalue weighted by atomic mass is 10.1. The number of carbonyl (C=O) groups excluding carboxylic acids is 1. The van der Waals surface area contributed by atoms with Crippen LogP contribution < -0.4 is 5.73 Å². The third-order valence-electron chi connectivity index (χ3n) is 2.33. The van der Waals surface area contributed by atoms with E-state index < -0.39 is 0 Å². The minimum absolute atomic E-state index is 0.240. The monoisotopic (exact) mass is 237 g/mol. The summed E-state index contributed by atoms with van der Waals surface area (Å²) in [5, 5.41) is 0. The molecule has 17 heavy (non-hydrogen) atoms. The van der Waals surface area contributed by atoms with Crippen LogP contribution in [-0.4, -0.2) is 32.3 Å². The van der Waals surface area contributed by atoms with Crippen LogP contribution in [0.25, 0.3) is 0 Å². The van der Waals surface area contributed by atoms with Gasteiger partial charge in [0.1, 0.15) is 6.10 Å². The van der Waals surface area contributed by atoms with Crippen LogP contribution >= 0.6 is 0 Å². The molecule has 0 amide bonds. The molecule has 94 valence electrons. The molecule has 1 unspecified atom stereocenters. The van der Waals surface area contributed by atoms with Crippen molar-refractivity contribution in [1.29, 1.82) is 0 Å². The van der Waals surface area contributed by atoms with Crippen LogP contribution in [0.5, 0.6) is 0 Å². The fraction of sp³-hybridized carbons (Fsp3) is 0.462. The van der Waals surface area contributed by atoms with Crippen molar-refractivity contribution in [2.45, 2.75) is 19.4 Å². The van der Waals surface area contributed by atoms with Crippen molar-refractivity contribution in [3.8, 4) is 0 Å². The fourth-order valence-corrected chi connectivity index (χ4v) is 1.49. The maximum Gasteiger partial charge on any atom is 0.338 e. The number of hydrogen-bond acceptors (Lipinski definition) is 4. The Morgan fingerprint density at radius 2 is 2.00 bits per heavy atom. The molecule has 0 aliphatic heterocycles. The van der Waals surface area contributed by atoms with Crippen molar-refractivity contribution in [3.63, 3.8) is 0 Å². The molecule has 0 spiro atoms. The standard InChI is InChI=1S/C13H19NO3/c1-10(9-16-2)17-13(15)12-5-3-11(4-6-12)7-8-14/h3-6,10H,7-9,14H2,1-2H3. The summed E-state index contributed by atoms with van der Waals surface area (Å²) in [5.74, 6) is -0.325. The van der Waals surface area contributed by atoms with Gasteiger partial charge in [-0.1, -0.05) is 12.1 Å². The van der Waals surface area contributed by atoms with Crippen LogP contribution in [0.4, 0.5) is 0 Å². The van der Waals surface area contributed by atoms with E-state index in [2.05, 4.69) is 0 Å². The number of benzene rings is 1. The van der Waals surface area contributed by atoms with Crippen molar-refractivity contribution in [1.82, 2.24) is 0 Å². The molecule has 0 bridgehead atoms. The van der Waals surface area contributed by atoms with Crippen molar-refractivity contribution >= 4 is 5.97 Å². The Balaban J connectivity index is 2.57. The highest BCUT2D eigenvalue weighted by Crippen LogP contribution is 2.07. The summed E-state index contributed by atoms with van der Waals surface area (Å²) in [7, 11) is 1.58. The van der Waals surface area contributed by atoms with E-state index in [9.17, 15) is 4.79 Å². The summed E-state index contributed by atoms with van der Waals surface area (Å²) < 4.78 is 10.1. The summed E-state index contributed by atoms with van der Waals surface area (Å²) in [6.45, 7) is 2.80. The number of esters is 1. The van der Waals surface area contributed by atoms with Gasteiger partial charge in [-0.05, 0) is 37.6 Å². The van der Waals surface area contributed by atoms with Gasteiger partial charge in [0.25, 0.3) is 0 Å². The van der Waals surface area contributed by atoms with E-state index in [1.165, 1.54) is 0 Å². The van der Waals surface area contributed by atoms with Gasteiger partial charge in [-0.2, -0.15) is 0 Å². The van der Waals surface area contributed by atoms with E-state index >= 15 is 0 Å². The Kier molecular flexibility index (Phi) is 5.66. The molecule has 0 aliphatic carbocycles. The topological polar surface area (TPSA) is 61.5 Å². The molecular formula is C13H19NO3. The van der Waals surface area contributed by atoms with Crippen LogP contribution in [0.1, 0.15) is 22.8 Å². The average Bonchev–Trinajstić information content (AvgIpc) is 2.30. The van der Waals surface area contributed by atoms with E-state index in [0.29, 0.717) is 18.7 Å². The van der Waals surface area contributed by atoms with Crippen LogP contribution in [0.15, 0.2) is 24.3 Å². The van der Waals surface area contributed by atoms with Crippen LogP contribution in [-0.2, 0) is 15.9 Å². The third-order valence-corrected chi connectivity index (χ3v) is 2.33. The first kappa shape index (κ1) is 13.7. The normalized spacial score (nSPS) is 12.2. The largest absolute Gasteiger partial charge is 0.457 e. The first-order chi connectivity index (χ1) is 8.17. The van der Waals surface area contributed by atoms with E-state index in [1.54, 1.807) is 26.2 Å². The highest BCUT2D eigenvalue weighted by atomic mass is 16.6. The molecule has 4 nitrogen and oxygen atoms in total. The SMILES string of the molecule is COCC(C)OC(=O)c1ccc(CCN)cc1. The van der Waals surface area contributed by atoms with Crippen LogP contribution in [0.2, 0.25) is 0 Å². The molecule has 4 heteroatoms. The van der Waals surface area contributed by atoms with Gasteiger partial charge >= 0.3 is 5.97 Å². The predicted molar refractivity (Wildman–Crippen MR) is 66.0 cm³/mol. The van der Waals surface area contributed by atoms with Crippen molar-refractivity contribution in [3.05, 3.63) is 35.4 Å². The van der Waals surface area contributed by atoms with Gasteiger partial charge in [0, 0.05) is 7.11 Å². The molecule has 0 fully saturated rings. The zero-order chi connectivity index (χ0) is 12.7. The Morgan fingerprint density at radius 1 is 1.35 bits per heavy atom. The second-order valence-electron chi connectivity index (χ2n) is 3.91. The quantitative estimate of drug-likeness (QED) is 0.759. The molecule has 1 aromatic carbocycles. The minimum atomic E-state index is -0.325. The van der Waals surface area contributed by atoms with Crippen molar-refractivity contribution in [2.24, 2.45) is 5.73 Å². The zero-order valence-corrected chi connectivity index (χ0v) is 10.3. The number of nitrogens with two attached hydrogens (primary N) is 1. The van der Waals surface area contributed by atoms with Crippen LogP contribution in [0.3, 0.4) is 0 Å². The second kappa shape index (κ2) is 7.04. The first-order valence-corrected chi connectivity index (χ1v) is 5.66. The van der Waals surface area contributed by atoms with Gasteiger partial charge in [0.2, 0.25) is 0 Å². The first-order valence-electron chi connectivity index (χ1n) is 5.66. The Labute approximate surface area is 102 Å². The van der Waals surface area contributed by atoms with Crippen molar-refractivity contribution < 1.29 is 14.3 Å². The summed E-state index contributed by atoms with van der Waals surface area (Å²) in [6, 6.07) is 7.30. The molecule has 0 aromatic heterocycles. The molecule has 1 aromatic rings. The molecule has 2 N–H and O–H groups in total. The van der Waals surface area contributed by atoms with Gasteiger partial charge in [0.05, 0.1) is 12.2 Å². The summed E-state index contributed by atoms with van der Waals surface area (Å²) in [4.78, 5) is 11.7. The van der Waals surface area contributed by atoms with E-state index in [1.807, 2.05) is 12.1 Å². The molecular weight excluding hydrogens is 218 g/mol. The highest BCUT2D eigenvalue weighted by Gasteiger charge is 2.11. The smallest absolute Gasteiger partial charge is 0.338 e. The predicted octanol–water partition coefficient (Wildman–Crippen LogP) is 1.38. The molecule has 1 rings (SSSR count).